The summed E-state index contributed by atoms with van der Waals surface area (Å²) in [6, 6.07) is 4.72. The van der Waals surface area contributed by atoms with Gasteiger partial charge < -0.3 is 31.1 Å². The van der Waals surface area contributed by atoms with Gasteiger partial charge in [0, 0.05) is 27.6 Å². The fraction of sp³-hybridized carbons (Fsp3) is 0.629. The molecule has 0 bridgehead atoms. The van der Waals surface area contributed by atoms with E-state index in [0.717, 1.165) is 0 Å². The molecule has 1 saturated heterocycles. The van der Waals surface area contributed by atoms with Gasteiger partial charge in [-0.25, -0.2) is 0 Å². The number of ketones is 1. The largest absolute Gasteiger partial charge is 0.347 e. The molecule has 2 fully saturated rings. The lowest BCUT2D eigenvalue weighted by Gasteiger charge is -2.37. The maximum Gasteiger partial charge on any atom is 0.290 e. The van der Waals surface area contributed by atoms with E-state index in [1.165, 1.54) is 16.7 Å². The van der Waals surface area contributed by atoms with Crippen LogP contribution in [0.25, 0.3) is 0 Å². The highest BCUT2D eigenvalue weighted by Crippen LogP contribution is 2.65. The van der Waals surface area contributed by atoms with Crippen LogP contribution in [-0.2, 0) is 33.6 Å². The summed E-state index contributed by atoms with van der Waals surface area (Å²) in [5.41, 5.74) is -0.277. The van der Waals surface area contributed by atoms with Gasteiger partial charge in [0.1, 0.15) is 18.1 Å². The Morgan fingerprint density at radius 2 is 1.60 bits per heavy atom. The fourth-order valence-electron chi connectivity index (χ4n) is 6.57. The number of benzene rings is 1. The number of fused-ring (bicyclic) bond motifs is 1. The Balaban J connectivity index is 1.73. The number of unbranched alkanes of at least 4 members (excludes halogenated alkanes) is 1. The predicted octanol–water partition coefficient (Wildman–Crippen LogP) is 1.33. The first-order valence-electron chi connectivity index (χ1n) is 16.6. The second-order valence-corrected chi connectivity index (χ2v) is 14.8. The van der Waals surface area contributed by atoms with Crippen molar-refractivity contribution in [2.24, 2.45) is 22.7 Å². The molecule has 1 aromatic carbocycles. The average Bonchev–Trinajstić information content (AvgIpc) is 3.33. The van der Waals surface area contributed by atoms with E-state index in [4.69, 9.17) is 0 Å². The van der Waals surface area contributed by atoms with E-state index in [1.54, 1.807) is 44.4 Å². The number of likely N-dealkylation sites (tertiary alicyclic amines) is 1. The number of carbonyl (C=O) groups excluding carboxylic acids is 7. The van der Waals surface area contributed by atoms with E-state index in [0.29, 0.717) is 24.9 Å². The second-order valence-electron chi connectivity index (χ2n) is 14.8. The van der Waals surface area contributed by atoms with E-state index in [1.807, 2.05) is 41.5 Å². The molecule has 1 aliphatic heterocycles. The van der Waals surface area contributed by atoms with E-state index in [-0.39, 0.29) is 41.4 Å². The summed E-state index contributed by atoms with van der Waals surface area (Å²) in [5, 5.41) is 10.4. The lowest BCUT2D eigenvalue weighted by Crippen LogP contribution is -2.60. The number of amides is 6. The molecule has 48 heavy (non-hydrogen) atoms. The smallest absolute Gasteiger partial charge is 0.290 e. The second kappa shape index (κ2) is 15.3. The maximum atomic E-state index is 13.9. The Labute approximate surface area is 283 Å². The van der Waals surface area contributed by atoms with Crippen LogP contribution < -0.4 is 21.3 Å². The molecule has 13 heteroatoms. The van der Waals surface area contributed by atoms with Gasteiger partial charge in [-0.3, -0.25) is 33.6 Å². The summed E-state index contributed by atoms with van der Waals surface area (Å²) in [7, 11) is 3.12. The van der Waals surface area contributed by atoms with Crippen LogP contribution in [0.2, 0.25) is 0 Å². The molecular weight excluding hydrogens is 616 g/mol. The number of piperidine rings is 1. The third-order valence-electron chi connectivity index (χ3n) is 9.46. The third-order valence-corrected chi connectivity index (χ3v) is 9.46. The number of hydrogen-bond acceptors (Lipinski definition) is 7. The first kappa shape index (κ1) is 38.2. The van der Waals surface area contributed by atoms with E-state index in [2.05, 4.69) is 21.3 Å². The lowest BCUT2D eigenvalue weighted by atomic mass is 9.85. The van der Waals surface area contributed by atoms with E-state index in [9.17, 15) is 33.6 Å². The molecule has 4 N–H and O–H groups in total. The molecule has 6 amide bonds. The topological polar surface area (TPSA) is 174 Å². The SMILES string of the molecule is CCCCC(NC(=O)[C@@H]1[C@@H]2[C@H](CN1C(=O)C(NC(C)=O)C(C)(C)C)C2(C)C)C(=O)C(=O)NCC(=O)NC(C(=O)N(C)C)c1ccccc1. The van der Waals surface area contributed by atoms with Crippen molar-refractivity contribution in [2.75, 3.05) is 27.2 Å². The van der Waals surface area contributed by atoms with Crippen molar-refractivity contribution >= 4 is 41.2 Å². The number of hydrogen-bond donors (Lipinski definition) is 4. The molecule has 264 valence electrons. The van der Waals surface area contributed by atoms with Crippen LogP contribution in [0.3, 0.4) is 0 Å². The van der Waals surface area contributed by atoms with Crippen molar-refractivity contribution in [2.45, 2.75) is 91.9 Å². The Bertz CT molecular complexity index is 1400. The number of nitrogens with zero attached hydrogens (tertiary/aromatic N) is 2. The summed E-state index contributed by atoms with van der Waals surface area (Å²) in [5.74, 6) is -4.37. The number of carbonyl (C=O) groups is 7. The van der Waals surface area contributed by atoms with Gasteiger partial charge in [-0.05, 0) is 34.7 Å². The van der Waals surface area contributed by atoms with Crippen LogP contribution >= 0.6 is 0 Å². The molecule has 3 unspecified atom stereocenters. The summed E-state index contributed by atoms with van der Waals surface area (Å²) in [6.45, 7) is 12.6. The Hall–Kier alpha value is -4.29. The molecule has 2 aliphatic rings. The minimum atomic E-state index is -1.18. The summed E-state index contributed by atoms with van der Waals surface area (Å²) in [6.07, 6.45) is 1.41. The normalized spacial score (nSPS) is 21.1. The Morgan fingerprint density at radius 1 is 0.979 bits per heavy atom. The highest BCUT2D eigenvalue weighted by atomic mass is 16.2. The predicted molar refractivity (Wildman–Crippen MR) is 179 cm³/mol. The zero-order valence-corrected chi connectivity index (χ0v) is 29.6. The first-order valence-corrected chi connectivity index (χ1v) is 16.6. The standard InChI is InChI=1S/C35H52N6O7/c1-10-11-17-23(28(44)31(46)36-18-24(43)39-26(32(47)40(8)9)21-15-13-12-14-16-21)38-30(45)27-25-22(35(25,6)7)19-41(27)33(48)29(34(3,4)5)37-20(2)42/h12-16,22-23,25-27,29H,10-11,17-19H2,1-9H3,(H,36,46)(H,37,42)(H,38,45)(H,39,43)/t22-,23?,25-,26?,27-,29?/m0/s1. The molecule has 0 radical (unpaired) electrons. The van der Waals surface area contributed by atoms with Crippen molar-refractivity contribution in [3.8, 4) is 0 Å². The van der Waals surface area contributed by atoms with E-state index >= 15 is 0 Å². The summed E-state index contributed by atoms with van der Waals surface area (Å²) in [4.78, 5) is 94.7. The van der Waals surface area contributed by atoms with Crippen LogP contribution in [0.15, 0.2) is 30.3 Å². The number of Topliss-reactive ketones (excluding diaryl/α,β-unsaturated/α-hetero) is 1. The molecule has 1 saturated carbocycles. The van der Waals surface area contributed by atoms with Crippen LogP contribution in [0.5, 0.6) is 0 Å². The molecule has 6 atom stereocenters. The van der Waals surface area contributed by atoms with Crippen molar-refractivity contribution < 1.29 is 33.6 Å². The molecule has 1 aromatic rings. The molecular formula is C35H52N6O7. The number of likely N-dealkylation sites (N-methyl/N-ethyl adjacent to an activating group) is 1. The summed E-state index contributed by atoms with van der Waals surface area (Å²) >= 11 is 0. The molecule has 0 spiro atoms. The van der Waals surface area contributed by atoms with E-state index < -0.39 is 59.6 Å². The Morgan fingerprint density at radius 3 is 2.15 bits per heavy atom. The van der Waals surface area contributed by atoms with Crippen LogP contribution in [0.1, 0.15) is 79.3 Å². The molecule has 0 aromatic heterocycles. The Kier molecular flexibility index (Phi) is 12.2. The maximum absolute atomic E-state index is 13.9. The molecule has 13 nitrogen and oxygen atoms in total. The highest BCUT2D eigenvalue weighted by Gasteiger charge is 2.69. The van der Waals surface area contributed by atoms with Gasteiger partial charge >= 0.3 is 0 Å². The average molecular weight is 669 g/mol. The van der Waals surface area contributed by atoms with Gasteiger partial charge in [-0.2, -0.15) is 0 Å². The zero-order chi connectivity index (χ0) is 36.1. The third kappa shape index (κ3) is 8.78. The molecule has 1 heterocycles. The molecule has 1 aliphatic carbocycles. The zero-order valence-electron chi connectivity index (χ0n) is 29.6. The highest BCUT2D eigenvalue weighted by molar-refractivity contribution is 6.38. The van der Waals surface area contributed by atoms with Gasteiger partial charge in [0.15, 0.2) is 0 Å². The van der Waals surface area contributed by atoms with Crippen molar-refractivity contribution in [1.29, 1.82) is 0 Å². The van der Waals surface area contributed by atoms with Gasteiger partial charge in [-0.15, -0.1) is 0 Å². The minimum Gasteiger partial charge on any atom is -0.347 e. The van der Waals surface area contributed by atoms with Crippen molar-refractivity contribution in [3.05, 3.63) is 35.9 Å². The molecule has 3 rings (SSSR count). The van der Waals surface area contributed by atoms with Crippen molar-refractivity contribution in [3.63, 3.8) is 0 Å². The van der Waals surface area contributed by atoms with Crippen LogP contribution in [0.4, 0.5) is 0 Å². The van der Waals surface area contributed by atoms with Gasteiger partial charge in [-0.1, -0.05) is 84.7 Å². The van der Waals surface area contributed by atoms with Gasteiger partial charge in [0.2, 0.25) is 35.3 Å². The van der Waals surface area contributed by atoms with Gasteiger partial charge in [0.25, 0.3) is 5.91 Å². The lowest BCUT2D eigenvalue weighted by molar-refractivity contribution is -0.146. The quantitative estimate of drug-likeness (QED) is 0.216. The minimum absolute atomic E-state index is 0.0702. The monoisotopic (exact) mass is 668 g/mol. The number of nitrogens with one attached hydrogen (secondary N) is 4. The number of rotatable bonds is 14. The first-order chi connectivity index (χ1) is 22.3. The summed E-state index contributed by atoms with van der Waals surface area (Å²) < 4.78 is 0. The van der Waals surface area contributed by atoms with Crippen LogP contribution in [0, 0.1) is 22.7 Å². The van der Waals surface area contributed by atoms with Crippen molar-refractivity contribution in [1.82, 2.24) is 31.1 Å². The fourth-order valence-corrected chi connectivity index (χ4v) is 6.57. The van der Waals surface area contributed by atoms with Gasteiger partial charge in [0.05, 0.1) is 12.6 Å². The van der Waals surface area contributed by atoms with Crippen LogP contribution in [-0.4, -0.2) is 96.3 Å².